The molecule has 0 spiro atoms. The van der Waals surface area contributed by atoms with Crippen LogP contribution in [0.2, 0.25) is 0 Å². The summed E-state index contributed by atoms with van der Waals surface area (Å²) in [4.78, 5) is 0. The highest BCUT2D eigenvalue weighted by molar-refractivity contribution is 5.35. The summed E-state index contributed by atoms with van der Waals surface area (Å²) in [5.74, 6) is 2.22. The average molecular weight is 247 g/mol. The highest BCUT2D eigenvalue weighted by Crippen LogP contribution is 2.31. The lowest BCUT2D eigenvalue weighted by Crippen LogP contribution is -2.43. The van der Waals surface area contributed by atoms with E-state index in [1.54, 1.807) is 0 Å². The van der Waals surface area contributed by atoms with Crippen LogP contribution in [0.15, 0.2) is 24.3 Å². The molecule has 2 rings (SSSR count). The van der Waals surface area contributed by atoms with Gasteiger partial charge in [-0.3, -0.25) is 0 Å². The molecule has 1 aliphatic rings. The highest BCUT2D eigenvalue weighted by Gasteiger charge is 2.28. The number of para-hydroxylation sites is 1. The molecule has 2 nitrogen and oxygen atoms in total. The highest BCUT2D eigenvalue weighted by atomic mass is 16.5. The third-order valence-electron chi connectivity index (χ3n) is 3.92. The van der Waals surface area contributed by atoms with Crippen molar-refractivity contribution in [2.24, 2.45) is 11.7 Å². The van der Waals surface area contributed by atoms with Crippen LogP contribution in [0, 0.1) is 5.92 Å². The summed E-state index contributed by atoms with van der Waals surface area (Å²) in [6.45, 7) is 6.69. The van der Waals surface area contributed by atoms with Crippen LogP contribution in [0.5, 0.6) is 5.75 Å². The maximum Gasteiger partial charge on any atom is 0.123 e. The van der Waals surface area contributed by atoms with Gasteiger partial charge in [0.2, 0.25) is 0 Å². The van der Waals surface area contributed by atoms with Gasteiger partial charge in [0.15, 0.2) is 0 Å². The zero-order valence-corrected chi connectivity index (χ0v) is 11.7. The van der Waals surface area contributed by atoms with E-state index in [-0.39, 0.29) is 12.1 Å². The normalized spacial score (nSPS) is 28.4. The predicted molar refractivity (Wildman–Crippen MR) is 75.9 cm³/mol. The van der Waals surface area contributed by atoms with Gasteiger partial charge in [-0.1, -0.05) is 39.0 Å². The number of benzene rings is 1. The number of ether oxygens (including phenoxy) is 1. The second-order valence-electron chi connectivity index (χ2n) is 5.93. The van der Waals surface area contributed by atoms with Crippen LogP contribution in [-0.4, -0.2) is 12.1 Å². The Bertz CT molecular complexity index is 388. The molecule has 1 aliphatic carbocycles. The van der Waals surface area contributed by atoms with Gasteiger partial charge in [0.1, 0.15) is 11.9 Å². The van der Waals surface area contributed by atoms with Crippen molar-refractivity contribution in [2.75, 3.05) is 0 Å². The molecule has 0 radical (unpaired) electrons. The fourth-order valence-corrected chi connectivity index (χ4v) is 2.72. The summed E-state index contributed by atoms with van der Waals surface area (Å²) in [7, 11) is 0. The van der Waals surface area contributed by atoms with E-state index in [0.29, 0.717) is 5.92 Å². The van der Waals surface area contributed by atoms with Gasteiger partial charge in [0, 0.05) is 6.04 Å². The first kappa shape index (κ1) is 13.4. The number of nitrogens with two attached hydrogens (primary N) is 1. The van der Waals surface area contributed by atoms with Gasteiger partial charge in [-0.25, -0.2) is 0 Å². The van der Waals surface area contributed by atoms with E-state index in [0.717, 1.165) is 24.5 Å². The SMILES string of the molecule is CC1CCC(N)C(Oc2ccccc2C(C)C)C1. The minimum absolute atomic E-state index is 0.175. The van der Waals surface area contributed by atoms with Gasteiger partial charge in [-0.05, 0) is 42.7 Å². The van der Waals surface area contributed by atoms with Crippen molar-refractivity contribution < 1.29 is 4.74 Å². The molecule has 0 bridgehead atoms. The summed E-state index contributed by atoms with van der Waals surface area (Å²) in [5.41, 5.74) is 7.47. The molecule has 0 aliphatic heterocycles. The molecule has 1 aromatic rings. The monoisotopic (exact) mass is 247 g/mol. The average Bonchev–Trinajstić information content (AvgIpc) is 2.34. The molecular formula is C16H25NO. The molecule has 1 saturated carbocycles. The number of hydrogen-bond donors (Lipinski definition) is 1. The number of hydrogen-bond acceptors (Lipinski definition) is 2. The van der Waals surface area contributed by atoms with Crippen molar-refractivity contribution in [1.29, 1.82) is 0 Å². The molecule has 0 saturated heterocycles. The van der Waals surface area contributed by atoms with Crippen molar-refractivity contribution in [3.63, 3.8) is 0 Å². The minimum Gasteiger partial charge on any atom is -0.489 e. The minimum atomic E-state index is 0.175. The quantitative estimate of drug-likeness (QED) is 0.883. The second kappa shape index (κ2) is 5.75. The Morgan fingerprint density at radius 2 is 1.94 bits per heavy atom. The summed E-state index contributed by atoms with van der Waals surface area (Å²) >= 11 is 0. The lowest BCUT2D eigenvalue weighted by Gasteiger charge is -2.33. The first-order valence-electron chi connectivity index (χ1n) is 7.09. The van der Waals surface area contributed by atoms with E-state index < -0.39 is 0 Å². The first-order chi connectivity index (χ1) is 8.58. The Balaban J connectivity index is 2.13. The van der Waals surface area contributed by atoms with E-state index >= 15 is 0 Å². The Morgan fingerprint density at radius 3 is 2.67 bits per heavy atom. The topological polar surface area (TPSA) is 35.2 Å². The molecule has 2 N–H and O–H groups in total. The third-order valence-corrected chi connectivity index (χ3v) is 3.92. The van der Waals surface area contributed by atoms with Crippen LogP contribution in [0.3, 0.4) is 0 Å². The lowest BCUT2D eigenvalue weighted by atomic mass is 9.85. The van der Waals surface area contributed by atoms with Gasteiger partial charge in [-0.15, -0.1) is 0 Å². The predicted octanol–water partition coefficient (Wildman–Crippen LogP) is 3.70. The summed E-state index contributed by atoms with van der Waals surface area (Å²) in [6.07, 6.45) is 3.56. The van der Waals surface area contributed by atoms with Crippen molar-refractivity contribution >= 4 is 0 Å². The fraction of sp³-hybridized carbons (Fsp3) is 0.625. The van der Waals surface area contributed by atoms with Crippen LogP contribution in [0.4, 0.5) is 0 Å². The molecular weight excluding hydrogens is 222 g/mol. The van der Waals surface area contributed by atoms with E-state index in [9.17, 15) is 0 Å². The van der Waals surface area contributed by atoms with Crippen LogP contribution >= 0.6 is 0 Å². The van der Waals surface area contributed by atoms with Crippen LogP contribution < -0.4 is 10.5 Å². The molecule has 0 aromatic heterocycles. The van der Waals surface area contributed by atoms with E-state index in [1.807, 2.05) is 6.07 Å². The summed E-state index contributed by atoms with van der Waals surface area (Å²) in [5, 5.41) is 0. The standard InChI is InChI=1S/C16H25NO/c1-11(2)13-6-4-5-7-15(13)18-16-10-12(3)8-9-14(16)17/h4-7,11-12,14,16H,8-10,17H2,1-3H3. The molecule has 3 atom stereocenters. The van der Waals surface area contributed by atoms with Crippen LogP contribution in [0.25, 0.3) is 0 Å². The van der Waals surface area contributed by atoms with Gasteiger partial charge < -0.3 is 10.5 Å². The van der Waals surface area contributed by atoms with Crippen molar-refractivity contribution in [2.45, 2.75) is 58.1 Å². The van der Waals surface area contributed by atoms with E-state index in [1.165, 1.54) is 12.0 Å². The zero-order chi connectivity index (χ0) is 13.1. The lowest BCUT2D eigenvalue weighted by molar-refractivity contribution is 0.106. The Labute approximate surface area is 111 Å². The van der Waals surface area contributed by atoms with Crippen molar-refractivity contribution in [3.05, 3.63) is 29.8 Å². The Hall–Kier alpha value is -1.02. The van der Waals surface area contributed by atoms with E-state index in [4.69, 9.17) is 10.5 Å². The van der Waals surface area contributed by atoms with Crippen molar-refractivity contribution in [3.8, 4) is 5.75 Å². The Kier molecular flexibility index (Phi) is 4.28. The van der Waals surface area contributed by atoms with Crippen LogP contribution in [-0.2, 0) is 0 Å². The zero-order valence-electron chi connectivity index (χ0n) is 11.7. The second-order valence-corrected chi connectivity index (χ2v) is 5.93. The van der Waals surface area contributed by atoms with Crippen LogP contribution in [0.1, 0.15) is 51.5 Å². The molecule has 100 valence electrons. The Morgan fingerprint density at radius 1 is 1.22 bits per heavy atom. The summed E-state index contributed by atoms with van der Waals surface area (Å²) < 4.78 is 6.21. The molecule has 1 aromatic carbocycles. The van der Waals surface area contributed by atoms with Gasteiger partial charge in [0.25, 0.3) is 0 Å². The fourth-order valence-electron chi connectivity index (χ4n) is 2.72. The first-order valence-corrected chi connectivity index (χ1v) is 7.09. The number of rotatable bonds is 3. The van der Waals surface area contributed by atoms with Crippen molar-refractivity contribution in [1.82, 2.24) is 0 Å². The molecule has 3 unspecified atom stereocenters. The largest absolute Gasteiger partial charge is 0.489 e. The van der Waals surface area contributed by atoms with Gasteiger partial charge in [0.05, 0.1) is 0 Å². The maximum atomic E-state index is 6.21. The third kappa shape index (κ3) is 3.05. The smallest absolute Gasteiger partial charge is 0.123 e. The molecule has 18 heavy (non-hydrogen) atoms. The van der Waals surface area contributed by atoms with E-state index in [2.05, 4.69) is 39.0 Å². The molecule has 0 amide bonds. The molecule has 2 heteroatoms. The molecule has 1 fully saturated rings. The maximum absolute atomic E-state index is 6.21. The molecule has 0 heterocycles. The summed E-state index contributed by atoms with van der Waals surface area (Å²) in [6, 6.07) is 8.52. The van der Waals surface area contributed by atoms with Gasteiger partial charge in [-0.2, -0.15) is 0 Å². The van der Waals surface area contributed by atoms with Gasteiger partial charge >= 0.3 is 0 Å².